The van der Waals surface area contributed by atoms with Gasteiger partial charge in [0.05, 0.1) is 0 Å². The molecule has 3 nitrogen and oxygen atoms in total. The highest BCUT2D eigenvalue weighted by molar-refractivity contribution is 14.1. The second kappa shape index (κ2) is 6.74. The van der Waals surface area contributed by atoms with Crippen molar-refractivity contribution < 1.29 is 4.79 Å². The molecule has 4 heteroatoms. The lowest BCUT2D eigenvalue weighted by molar-refractivity contribution is -0.116. The molecule has 0 aromatic heterocycles. The van der Waals surface area contributed by atoms with Crippen LogP contribution in [0.2, 0.25) is 0 Å². The minimum atomic E-state index is -0.299. The maximum Gasteiger partial charge on any atom is 0.246 e. The van der Waals surface area contributed by atoms with E-state index in [0.717, 1.165) is 14.9 Å². The summed E-state index contributed by atoms with van der Waals surface area (Å²) in [6.07, 6.45) is 0. The normalized spacial score (nSPS) is 11.8. The Morgan fingerprint density at radius 3 is 2.40 bits per heavy atom. The van der Waals surface area contributed by atoms with Gasteiger partial charge in [-0.05, 0) is 60.7 Å². The Morgan fingerprint density at radius 1 is 1.10 bits per heavy atom. The van der Waals surface area contributed by atoms with Crippen molar-refractivity contribution in [1.29, 1.82) is 0 Å². The minimum absolute atomic E-state index is 0.0477. The van der Waals surface area contributed by atoms with Crippen LogP contribution in [0.15, 0.2) is 48.5 Å². The average Bonchev–Trinajstić information content (AvgIpc) is 2.44. The number of rotatable bonds is 4. The predicted octanol–water partition coefficient (Wildman–Crippen LogP) is 4.04. The van der Waals surface area contributed by atoms with Gasteiger partial charge in [0, 0.05) is 14.9 Å². The summed E-state index contributed by atoms with van der Waals surface area (Å²) in [5, 5.41) is 6.13. The first kappa shape index (κ1) is 14.8. The van der Waals surface area contributed by atoms with Crippen LogP contribution in [-0.2, 0) is 4.79 Å². The summed E-state index contributed by atoms with van der Waals surface area (Å²) in [6.45, 7) is 3.87. The summed E-state index contributed by atoms with van der Waals surface area (Å²) in [5.41, 5.74) is 2.96. The van der Waals surface area contributed by atoms with Gasteiger partial charge in [-0.1, -0.05) is 29.8 Å². The highest BCUT2D eigenvalue weighted by atomic mass is 127. The molecule has 2 aromatic carbocycles. The van der Waals surface area contributed by atoms with Crippen LogP contribution in [0, 0.1) is 10.5 Å². The Kier molecular flexibility index (Phi) is 5.00. The fourth-order valence-corrected chi connectivity index (χ4v) is 2.31. The molecule has 1 unspecified atom stereocenters. The summed E-state index contributed by atoms with van der Waals surface area (Å²) < 4.78 is 1.10. The summed E-state index contributed by atoms with van der Waals surface area (Å²) in [7, 11) is 0. The minimum Gasteiger partial charge on any atom is -0.373 e. The number of hydrogen-bond donors (Lipinski definition) is 2. The molecule has 0 heterocycles. The van der Waals surface area contributed by atoms with Crippen molar-refractivity contribution in [1.82, 2.24) is 0 Å². The van der Waals surface area contributed by atoms with E-state index in [1.165, 1.54) is 5.56 Å². The van der Waals surface area contributed by atoms with Gasteiger partial charge >= 0.3 is 0 Å². The number of para-hydroxylation sites is 1. The fourth-order valence-electron chi connectivity index (χ4n) is 1.76. The second-order valence-electron chi connectivity index (χ2n) is 4.70. The van der Waals surface area contributed by atoms with E-state index in [0.29, 0.717) is 0 Å². The molecule has 0 aliphatic carbocycles. The van der Waals surface area contributed by atoms with Crippen molar-refractivity contribution in [3.05, 3.63) is 57.7 Å². The third kappa shape index (κ3) is 3.96. The average molecular weight is 380 g/mol. The van der Waals surface area contributed by atoms with Crippen LogP contribution >= 0.6 is 22.6 Å². The Bertz CT molecular complexity index is 596. The van der Waals surface area contributed by atoms with E-state index in [-0.39, 0.29) is 11.9 Å². The number of nitrogens with one attached hydrogen (secondary N) is 2. The molecule has 0 radical (unpaired) electrons. The Hall–Kier alpha value is -1.56. The zero-order valence-corrected chi connectivity index (χ0v) is 13.6. The first-order valence-corrected chi connectivity index (χ1v) is 7.53. The Balaban J connectivity index is 1.99. The highest BCUT2D eigenvalue weighted by Gasteiger charge is 2.13. The molecule has 1 atom stereocenters. The Labute approximate surface area is 132 Å². The lowest BCUT2D eigenvalue weighted by Crippen LogP contribution is -2.32. The van der Waals surface area contributed by atoms with E-state index in [1.807, 2.05) is 62.4 Å². The van der Waals surface area contributed by atoms with Gasteiger partial charge in [0.2, 0.25) is 5.91 Å². The van der Waals surface area contributed by atoms with Crippen LogP contribution in [0.1, 0.15) is 12.5 Å². The van der Waals surface area contributed by atoms with E-state index in [1.54, 1.807) is 0 Å². The van der Waals surface area contributed by atoms with Crippen molar-refractivity contribution in [3.63, 3.8) is 0 Å². The lowest BCUT2D eigenvalue weighted by Gasteiger charge is -2.16. The van der Waals surface area contributed by atoms with Crippen LogP contribution in [0.3, 0.4) is 0 Å². The van der Waals surface area contributed by atoms with Gasteiger partial charge in [-0.15, -0.1) is 0 Å². The van der Waals surface area contributed by atoms with Crippen molar-refractivity contribution in [2.24, 2.45) is 0 Å². The standard InChI is InChI=1S/C16H17IN2O/c1-11-7-9-13(10-8-11)19-16(20)12(2)18-15-6-4-3-5-14(15)17/h3-10,12,18H,1-2H3,(H,19,20). The van der Waals surface area contributed by atoms with Crippen LogP contribution < -0.4 is 10.6 Å². The van der Waals surface area contributed by atoms with Crippen molar-refractivity contribution >= 4 is 39.9 Å². The summed E-state index contributed by atoms with van der Waals surface area (Å²) >= 11 is 2.25. The molecule has 20 heavy (non-hydrogen) atoms. The molecule has 104 valence electrons. The first-order chi connectivity index (χ1) is 9.56. The molecule has 0 bridgehead atoms. The van der Waals surface area contributed by atoms with Crippen LogP contribution in [-0.4, -0.2) is 11.9 Å². The largest absolute Gasteiger partial charge is 0.373 e. The van der Waals surface area contributed by atoms with E-state index in [2.05, 4.69) is 33.2 Å². The molecule has 1 amide bonds. The number of halogens is 1. The van der Waals surface area contributed by atoms with Gasteiger partial charge in [-0.3, -0.25) is 4.79 Å². The molecule has 0 fully saturated rings. The molecule has 0 aliphatic rings. The topological polar surface area (TPSA) is 41.1 Å². The molecule has 2 rings (SSSR count). The van der Waals surface area contributed by atoms with Crippen molar-refractivity contribution in [3.8, 4) is 0 Å². The number of hydrogen-bond acceptors (Lipinski definition) is 2. The monoisotopic (exact) mass is 380 g/mol. The number of anilines is 2. The van der Waals surface area contributed by atoms with Gasteiger partial charge in [0.25, 0.3) is 0 Å². The van der Waals surface area contributed by atoms with E-state index < -0.39 is 0 Å². The van der Waals surface area contributed by atoms with Crippen molar-refractivity contribution in [2.75, 3.05) is 10.6 Å². The molecular formula is C16H17IN2O. The predicted molar refractivity (Wildman–Crippen MR) is 92.1 cm³/mol. The van der Waals surface area contributed by atoms with Crippen molar-refractivity contribution in [2.45, 2.75) is 19.9 Å². The lowest BCUT2D eigenvalue weighted by atomic mass is 10.2. The maximum atomic E-state index is 12.1. The molecule has 0 spiro atoms. The molecule has 0 saturated heterocycles. The van der Waals surface area contributed by atoms with Gasteiger partial charge < -0.3 is 10.6 Å². The second-order valence-corrected chi connectivity index (χ2v) is 5.86. The van der Waals surface area contributed by atoms with Gasteiger partial charge in [0.15, 0.2) is 0 Å². The summed E-state index contributed by atoms with van der Waals surface area (Å²) in [4.78, 5) is 12.1. The number of carbonyl (C=O) groups excluding carboxylic acids is 1. The SMILES string of the molecule is Cc1ccc(NC(=O)C(C)Nc2ccccc2I)cc1. The first-order valence-electron chi connectivity index (χ1n) is 6.45. The maximum absolute atomic E-state index is 12.1. The molecule has 0 saturated carbocycles. The van der Waals surface area contributed by atoms with Crippen LogP contribution in [0.5, 0.6) is 0 Å². The third-order valence-corrected chi connectivity index (χ3v) is 3.90. The fraction of sp³-hybridized carbons (Fsp3) is 0.188. The zero-order chi connectivity index (χ0) is 14.5. The number of amides is 1. The van der Waals surface area contributed by atoms with E-state index in [9.17, 15) is 4.79 Å². The molecule has 2 aromatic rings. The van der Waals surface area contributed by atoms with Gasteiger partial charge in [-0.25, -0.2) is 0 Å². The number of aryl methyl sites for hydroxylation is 1. The molecular weight excluding hydrogens is 363 g/mol. The number of carbonyl (C=O) groups is 1. The quantitative estimate of drug-likeness (QED) is 0.787. The van der Waals surface area contributed by atoms with Gasteiger partial charge in [0.1, 0.15) is 6.04 Å². The Morgan fingerprint density at radius 2 is 1.75 bits per heavy atom. The van der Waals surface area contributed by atoms with Crippen LogP contribution in [0.4, 0.5) is 11.4 Å². The molecule has 2 N–H and O–H groups in total. The molecule has 0 aliphatic heterocycles. The summed E-state index contributed by atoms with van der Waals surface area (Å²) in [6, 6.07) is 15.4. The zero-order valence-electron chi connectivity index (χ0n) is 11.5. The smallest absolute Gasteiger partial charge is 0.246 e. The van der Waals surface area contributed by atoms with Gasteiger partial charge in [-0.2, -0.15) is 0 Å². The highest BCUT2D eigenvalue weighted by Crippen LogP contribution is 2.18. The van der Waals surface area contributed by atoms with Crippen LogP contribution in [0.25, 0.3) is 0 Å². The third-order valence-electron chi connectivity index (χ3n) is 2.96. The number of benzene rings is 2. The van der Waals surface area contributed by atoms with E-state index in [4.69, 9.17) is 0 Å². The summed E-state index contributed by atoms with van der Waals surface area (Å²) in [5.74, 6) is -0.0477. The van der Waals surface area contributed by atoms with E-state index >= 15 is 0 Å².